The van der Waals surface area contributed by atoms with Gasteiger partial charge in [-0.2, -0.15) is 0 Å². The highest BCUT2D eigenvalue weighted by Crippen LogP contribution is 2.17. The van der Waals surface area contributed by atoms with Gasteiger partial charge in [0.15, 0.2) is 0 Å². The molecule has 2 N–H and O–H groups in total. The van der Waals surface area contributed by atoms with Crippen LogP contribution in [-0.2, 0) is 22.7 Å². The number of para-hydroxylation sites is 1. The van der Waals surface area contributed by atoms with Crippen molar-refractivity contribution >= 4 is 11.8 Å². The van der Waals surface area contributed by atoms with E-state index >= 15 is 0 Å². The molecule has 1 atom stereocenters. The lowest BCUT2D eigenvalue weighted by Gasteiger charge is -2.34. The number of imidazole rings is 1. The molecule has 0 saturated carbocycles. The summed E-state index contributed by atoms with van der Waals surface area (Å²) < 4.78 is 7.55. The predicted octanol–water partition coefficient (Wildman–Crippen LogP) is 1.78. The molecule has 1 unspecified atom stereocenters. The van der Waals surface area contributed by atoms with E-state index in [4.69, 9.17) is 4.42 Å². The number of carbonyl (C=O) groups excluding carboxylic acids is 2. The van der Waals surface area contributed by atoms with Crippen LogP contribution in [0.25, 0.3) is 5.69 Å². The number of furan rings is 1. The van der Waals surface area contributed by atoms with Crippen molar-refractivity contribution in [1.82, 2.24) is 25.1 Å². The molecule has 3 aromatic rings. The number of aromatic nitrogens is 2. The highest BCUT2D eigenvalue weighted by molar-refractivity contribution is 5.88. The van der Waals surface area contributed by atoms with Gasteiger partial charge in [0.1, 0.15) is 11.5 Å². The molecule has 0 aliphatic carbocycles. The topological polar surface area (TPSA) is 92.4 Å². The average Bonchev–Trinajstić information content (AvgIpc) is 3.41. The molecule has 4 rings (SSSR count). The fourth-order valence-corrected chi connectivity index (χ4v) is 3.70. The van der Waals surface area contributed by atoms with Crippen molar-refractivity contribution in [2.75, 3.05) is 13.1 Å². The number of rotatable bonds is 7. The van der Waals surface area contributed by atoms with E-state index in [1.165, 1.54) is 0 Å². The summed E-state index contributed by atoms with van der Waals surface area (Å²) in [6, 6.07) is 11.1. The molecule has 8 heteroatoms. The van der Waals surface area contributed by atoms with Crippen LogP contribution in [0.5, 0.6) is 0 Å². The minimum atomic E-state index is -0.520. The Morgan fingerprint density at radius 1 is 1.30 bits per heavy atom. The highest BCUT2D eigenvalue weighted by Gasteiger charge is 2.32. The van der Waals surface area contributed by atoms with Crippen molar-refractivity contribution in [3.05, 3.63) is 72.2 Å². The maximum Gasteiger partial charge on any atom is 0.237 e. The summed E-state index contributed by atoms with van der Waals surface area (Å²) in [6.07, 6.45) is 5.40. The van der Waals surface area contributed by atoms with Crippen molar-refractivity contribution in [2.24, 2.45) is 0 Å². The van der Waals surface area contributed by atoms with Gasteiger partial charge in [-0.05, 0) is 30.7 Å². The summed E-state index contributed by atoms with van der Waals surface area (Å²) in [4.78, 5) is 31.2. The first-order chi connectivity index (χ1) is 14.6. The number of nitrogens with zero attached hydrogens (tertiary/aromatic N) is 3. The lowest BCUT2D eigenvalue weighted by molar-refractivity contribution is -0.134. The molecule has 2 amide bonds. The Morgan fingerprint density at radius 3 is 2.93 bits per heavy atom. The van der Waals surface area contributed by atoms with Gasteiger partial charge in [-0.1, -0.05) is 18.2 Å². The molecule has 1 fully saturated rings. The Labute approximate surface area is 174 Å². The van der Waals surface area contributed by atoms with E-state index in [1.54, 1.807) is 12.5 Å². The van der Waals surface area contributed by atoms with Gasteiger partial charge in [0, 0.05) is 32.0 Å². The molecule has 3 heterocycles. The standard InChI is InChI=1S/C22H25N5O3/c1-16-6-7-18(30-16)14-26-11-9-24-22(29)20(26)12-21(28)25-13-17-4-2-3-5-19(17)27-10-8-23-15-27/h2-8,10,15,20H,9,11-14H2,1H3,(H,24,29)(H,25,28). The zero-order valence-electron chi connectivity index (χ0n) is 16.9. The molecule has 0 spiro atoms. The van der Waals surface area contributed by atoms with Gasteiger partial charge in [-0.15, -0.1) is 0 Å². The van der Waals surface area contributed by atoms with Gasteiger partial charge in [0.2, 0.25) is 11.8 Å². The van der Waals surface area contributed by atoms with Gasteiger partial charge in [-0.3, -0.25) is 14.5 Å². The predicted molar refractivity (Wildman–Crippen MR) is 111 cm³/mol. The zero-order valence-corrected chi connectivity index (χ0v) is 16.9. The van der Waals surface area contributed by atoms with Gasteiger partial charge < -0.3 is 19.6 Å². The number of nitrogens with one attached hydrogen (secondary N) is 2. The van der Waals surface area contributed by atoms with E-state index in [0.717, 1.165) is 22.8 Å². The first kappa shape index (κ1) is 19.9. The van der Waals surface area contributed by atoms with E-state index < -0.39 is 6.04 Å². The van der Waals surface area contributed by atoms with Crippen molar-refractivity contribution < 1.29 is 14.0 Å². The van der Waals surface area contributed by atoms with Gasteiger partial charge >= 0.3 is 0 Å². The summed E-state index contributed by atoms with van der Waals surface area (Å²) in [7, 11) is 0. The molecule has 30 heavy (non-hydrogen) atoms. The monoisotopic (exact) mass is 407 g/mol. The van der Waals surface area contributed by atoms with Gasteiger partial charge in [0.25, 0.3) is 0 Å². The Kier molecular flexibility index (Phi) is 5.94. The van der Waals surface area contributed by atoms with E-state index in [-0.39, 0.29) is 18.2 Å². The summed E-state index contributed by atoms with van der Waals surface area (Å²) >= 11 is 0. The summed E-state index contributed by atoms with van der Waals surface area (Å²) in [5, 5.41) is 5.81. The van der Waals surface area contributed by atoms with Crippen LogP contribution in [0.2, 0.25) is 0 Å². The number of aryl methyl sites for hydroxylation is 1. The first-order valence-corrected chi connectivity index (χ1v) is 10.00. The molecule has 0 radical (unpaired) electrons. The Hall–Kier alpha value is -3.39. The lowest BCUT2D eigenvalue weighted by Crippen LogP contribution is -2.56. The Morgan fingerprint density at radius 2 is 2.17 bits per heavy atom. The zero-order chi connectivity index (χ0) is 20.9. The van der Waals surface area contributed by atoms with E-state index in [0.29, 0.717) is 26.2 Å². The molecule has 1 aliphatic rings. The smallest absolute Gasteiger partial charge is 0.237 e. The third-order valence-corrected chi connectivity index (χ3v) is 5.23. The number of hydrogen-bond acceptors (Lipinski definition) is 5. The largest absolute Gasteiger partial charge is 0.465 e. The minimum Gasteiger partial charge on any atom is -0.465 e. The number of carbonyl (C=O) groups is 2. The second-order valence-corrected chi connectivity index (χ2v) is 7.37. The van der Waals surface area contributed by atoms with Crippen LogP contribution in [0.4, 0.5) is 0 Å². The Balaban J connectivity index is 1.39. The van der Waals surface area contributed by atoms with Crippen molar-refractivity contribution in [1.29, 1.82) is 0 Å². The van der Waals surface area contributed by atoms with Crippen LogP contribution in [0.1, 0.15) is 23.5 Å². The second kappa shape index (κ2) is 8.96. The minimum absolute atomic E-state index is 0.0960. The molecule has 1 saturated heterocycles. The number of benzene rings is 1. The van der Waals surface area contributed by atoms with E-state index in [1.807, 2.05) is 59.0 Å². The molecule has 1 aliphatic heterocycles. The molecule has 0 bridgehead atoms. The number of hydrogen-bond donors (Lipinski definition) is 2. The van der Waals surface area contributed by atoms with E-state index in [2.05, 4.69) is 15.6 Å². The van der Waals surface area contributed by atoms with Crippen molar-refractivity contribution in [3.63, 3.8) is 0 Å². The maximum atomic E-state index is 12.7. The van der Waals surface area contributed by atoms with Crippen LogP contribution in [-0.4, -0.2) is 45.4 Å². The second-order valence-electron chi connectivity index (χ2n) is 7.37. The van der Waals surface area contributed by atoms with Crippen LogP contribution >= 0.6 is 0 Å². The third-order valence-electron chi connectivity index (χ3n) is 5.23. The van der Waals surface area contributed by atoms with Crippen LogP contribution in [0.15, 0.2) is 59.5 Å². The average molecular weight is 407 g/mol. The molecular weight excluding hydrogens is 382 g/mol. The normalized spacial score (nSPS) is 17.0. The van der Waals surface area contributed by atoms with E-state index in [9.17, 15) is 9.59 Å². The molecule has 156 valence electrons. The molecule has 8 nitrogen and oxygen atoms in total. The number of piperazine rings is 1. The lowest BCUT2D eigenvalue weighted by atomic mass is 10.1. The van der Waals surface area contributed by atoms with Crippen LogP contribution < -0.4 is 10.6 Å². The third kappa shape index (κ3) is 4.60. The molecule has 2 aromatic heterocycles. The summed E-state index contributed by atoms with van der Waals surface area (Å²) in [5.41, 5.74) is 1.93. The Bertz CT molecular complexity index is 1010. The highest BCUT2D eigenvalue weighted by atomic mass is 16.3. The van der Waals surface area contributed by atoms with Gasteiger partial charge in [0.05, 0.1) is 31.0 Å². The van der Waals surface area contributed by atoms with Gasteiger partial charge in [-0.25, -0.2) is 4.98 Å². The SMILES string of the molecule is Cc1ccc(CN2CCNC(=O)C2CC(=O)NCc2ccccc2-n2ccnc2)o1. The maximum absolute atomic E-state index is 12.7. The van der Waals surface area contributed by atoms with Crippen LogP contribution in [0.3, 0.4) is 0 Å². The fraction of sp³-hybridized carbons (Fsp3) is 0.318. The van der Waals surface area contributed by atoms with Crippen molar-refractivity contribution in [3.8, 4) is 5.69 Å². The molecule has 1 aromatic carbocycles. The summed E-state index contributed by atoms with van der Waals surface area (Å²) in [6.45, 7) is 4.00. The van der Waals surface area contributed by atoms with Crippen LogP contribution in [0, 0.1) is 6.92 Å². The first-order valence-electron chi connectivity index (χ1n) is 10.00. The summed E-state index contributed by atoms with van der Waals surface area (Å²) in [5.74, 6) is 1.33. The number of amides is 2. The molecular formula is C22H25N5O3. The van der Waals surface area contributed by atoms with Crippen molar-refractivity contribution in [2.45, 2.75) is 32.5 Å². The quantitative estimate of drug-likeness (QED) is 0.623. The fourth-order valence-electron chi connectivity index (χ4n) is 3.70.